The molecule has 0 aliphatic heterocycles. The van der Waals surface area contributed by atoms with Crippen LogP contribution in [-0.4, -0.2) is 12.5 Å². The van der Waals surface area contributed by atoms with E-state index in [0.29, 0.717) is 5.75 Å². The molecule has 0 spiro atoms. The number of para-hydroxylation sites is 1. The van der Waals surface area contributed by atoms with E-state index in [2.05, 4.69) is 21.2 Å². The monoisotopic (exact) mass is 348 g/mol. The first-order valence-electron chi connectivity index (χ1n) is 6.59. The summed E-state index contributed by atoms with van der Waals surface area (Å²) in [7, 11) is 0. The molecule has 5 heteroatoms. The smallest absolute Gasteiger partial charge is 0.262 e. The van der Waals surface area contributed by atoms with Gasteiger partial charge in [-0.2, -0.15) is 0 Å². The standard InChI is InChI=1S/C16H17BrN2O2/c1-11(18)12-5-4-6-13(9-12)21-10-16(20)19-15-8-3-2-7-14(15)17/h2-9,11H,10,18H2,1H3,(H,19,20)/t11-/m0/s1. The van der Waals surface area contributed by atoms with Gasteiger partial charge in [0.1, 0.15) is 5.75 Å². The zero-order chi connectivity index (χ0) is 15.2. The zero-order valence-corrected chi connectivity index (χ0v) is 13.3. The molecule has 2 aromatic carbocycles. The summed E-state index contributed by atoms with van der Waals surface area (Å²) in [5, 5.41) is 2.78. The van der Waals surface area contributed by atoms with Gasteiger partial charge in [0.25, 0.3) is 5.91 Å². The third kappa shape index (κ3) is 4.58. The largest absolute Gasteiger partial charge is 0.484 e. The molecule has 0 saturated carbocycles. The van der Waals surface area contributed by atoms with Crippen molar-refractivity contribution in [3.8, 4) is 5.75 Å². The molecule has 0 heterocycles. The van der Waals surface area contributed by atoms with E-state index in [1.54, 1.807) is 6.07 Å². The second-order valence-corrected chi connectivity index (χ2v) is 5.53. The average Bonchev–Trinajstić information content (AvgIpc) is 2.48. The number of ether oxygens (including phenoxy) is 1. The Hall–Kier alpha value is -1.85. The predicted molar refractivity (Wildman–Crippen MR) is 87.3 cm³/mol. The van der Waals surface area contributed by atoms with Gasteiger partial charge in [-0.15, -0.1) is 0 Å². The number of benzene rings is 2. The maximum atomic E-state index is 11.9. The Morgan fingerprint density at radius 1 is 1.29 bits per heavy atom. The van der Waals surface area contributed by atoms with Crippen molar-refractivity contribution in [3.05, 3.63) is 58.6 Å². The molecular weight excluding hydrogens is 332 g/mol. The highest BCUT2D eigenvalue weighted by Gasteiger charge is 2.07. The summed E-state index contributed by atoms with van der Waals surface area (Å²) in [6.45, 7) is 1.85. The van der Waals surface area contributed by atoms with E-state index in [1.807, 2.05) is 49.4 Å². The van der Waals surface area contributed by atoms with Crippen LogP contribution in [0.2, 0.25) is 0 Å². The van der Waals surface area contributed by atoms with E-state index in [0.717, 1.165) is 15.7 Å². The second kappa shape index (κ2) is 7.24. The van der Waals surface area contributed by atoms with Crippen molar-refractivity contribution >= 4 is 27.5 Å². The first kappa shape index (κ1) is 15.5. The summed E-state index contributed by atoms with van der Waals surface area (Å²) in [4.78, 5) is 11.9. The highest BCUT2D eigenvalue weighted by molar-refractivity contribution is 9.10. The minimum atomic E-state index is -0.215. The Morgan fingerprint density at radius 3 is 2.76 bits per heavy atom. The molecule has 110 valence electrons. The Labute approximate surface area is 132 Å². The van der Waals surface area contributed by atoms with E-state index < -0.39 is 0 Å². The third-order valence-electron chi connectivity index (χ3n) is 2.90. The Morgan fingerprint density at radius 2 is 2.05 bits per heavy atom. The van der Waals surface area contributed by atoms with Gasteiger partial charge < -0.3 is 15.8 Å². The molecule has 4 nitrogen and oxygen atoms in total. The maximum Gasteiger partial charge on any atom is 0.262 e. The van der Waals surface area contributed by atoms with Crippen LogP contribution in [0.3, 0.4) is 0 Å². The van der Waals surface area contributed by atoms with Crippen LogP contribution in [0.25, 0.3) is 0 Å². The number of nitrogens with two attached hydrogens (primary N) is 1. The fraction of sp³-hybridized carbons (Fsp3) is 0.188. The number of amides is 1. The van der Waals surface area contributed by atoms with Gasteiger partial charge >= 0.3 is 0 Å². The van der Waals surface area contributed by atoms with E-state index in [4.69, 9.17) is 10.5 Å². The van der Waals surface area contributed by atoms with E-state index in [9.17, 15) is 4.79 Å². The Kier molecular flexibility index (Phi) is 5.36. The quantitative estimate of drug-likeness (QED) is 0.869. The lowest BCUT2D eigenvalue weighted by atomic mass is 10.1. The van der Waals surface area contributed by atoms with E-state index in [1.165, 1.54) is 0 Å². The lowest BCUT2D eigenvalue weighted by molar-refractivity contribution is -0.118. The molecule has 2 rings (SSSR count). The molecule has 1 atom stereocenters. The molecule has 0 aliphatic rings. The Balaban J connectivity index is 1.92. The fourth-order valence-corrected chi connectivity index (χ4v) is 2.17. The summed E-state index contributed by atoms with van der Waals surface area (Å²) in [5.41, 5.74) is 7.51. The van der Waals surface area contributed by atoms with Gasteiger partial charge in [0.15, 0.2) is 6.61 Å². The van der Waals surface area contributed by atoms with Crippen LogP contribution in [0.4, 0.5) is 5.69 Å². The molecule has 1 amide bonds. The number of anilines is 1. The van der Waals surface area contributed by atoms with Crippen LogP contribution in [0.5, 0.6) is 5.75 Å². The minimum Gasteiger partial charge on any atom is -0.484 e. The first-order valence-corrected chi connectivity index (χ1v) is 7.38. The fourth-order valence-electron chi connectivity index (χ4n) is 1.79. The van der Waals surface area contributed by atoms with Crippen LogP contribution in [0.15, 0.2) is 53.0 Å². The van der Waals surface area contributed by atoms with Crippen molar-refractivity contribution in [1.29, 1.82) is 0 Å². The van der Waals surface area contributed by atoms with Gasteiger partial charge in [-0.1, -0.05) is 24.3 Å². The second-order valence-electron chi connectivity index (χ2n) is 4.68. The van der Waals surface area contributed by atoms with Crippen molar-refractivity contribution in [1.82, 2.24) is 0 Å². The third-order valence-corrected chi connectivity index (χ3v) is 3.59. The molecule has 0 aromatic heterocycles. The summed E-state index contributed by atoms with van der Waals surface area (Å²) in [6, 6.07) is 14.8. The van der Waals surface area contributed by atoms with Crippen LogP contribution in [-0.2, 0) is 4.79 Å². The molecule has 2 aromatic rings. The molecule has 0 bridgehead atoms. The number of halogens is 1. The number of carbonyl (C=O) groups is 1. The minimum absolute atomic E-state index is 0.0518. The highest BCUT2D eigenvalue weighted by atomic mass is 79.9. The summed E-state index contributed by atoms with van der Waals surface area (Å²) in [5.74, 6) is 0.417. The lowest BCUT2D eigenvalue weighted by Gasteiger charge is -2.11. The predicted octanol–water partition coefficient (Wildman–Crippen LogP) is 3.49. The number of carbonyl (C=O) groups excluding carboxylic acids is 1. The maximum absolute atomic E-state index is 11.9. The van der Waals surface area contributed by atoms with Gasteiger partial charge in [-0.05, 0) is 52.7 Å². The summed E-state index contributed by atoms with van der Waals surface area (Å²) in [6.07, 6.45) is 0. The van der Waals surface area contributed by atoms with Gasteiger partial charge in [-0.25, -0.2) is 0 Å². The normalized spacial score (nSPS) is 11.8. The lowest BCUT2D eigenvalue weighted by Crippen LogP contribution is -2.20. The van der Waals surface area contributed by atoms with Gasteiger partial charge in [-0.3, -0.25) is 4.79 Å². The molecule has 21 heavy (non-hydrogen) atoms. The van der Waals surface area contributed by atoms with Crippen molar-refractivity contribution in [2.24, 2.45) is 5.73 Å². The number of rotatable bonds is 5. The molecule has 0 saturated heterocycles. The van der Waals surface area contributed by atoms with Crippen molar-refractivity contribution in [3.63, 3.8) is 0 Å². The topological polar surface area (TPSA) is 64.3 Å². The first-order chi connectivity index (χ1) is 10.1. The Bertz CT molecular complexity index is 629. The number of nitrogens with one attached hydrogen (secondary N) is 1. The molecule has 0 aliphatic carbocycles. The molecular formula is C16H17BrN2O2. The van der Waals surface area contributed by atoms with Crippen LogP contribution in [0, 0.1) is 0 Å². The highest BCUT2D eigenvalue weighted by Crippen LogP contribution is 2.21. The average molecular weight is 349 g/mol. The van der Waals surface area contributed by atoms with Crippen LogP contribution < -0.4 is 15.8 Å². The van der Waals surface area contributed by atoms with Gasteiger partial charge in [0.2, 0.25) is 0 Å². The molecule has 0 unspecified atom stereocenters. The number of hydrogen-bond acceptors (Lipinski definition) is 3. The summed E-state index contributed by atoms with van der Waals surface area (Å²) < 4.78 is 6.32. The van der Waals surface area contributed by atoms with E-state index >= 15 is 0 Å². The van der Waals surface area contributed by atoms with Crippen LogP contribution in [0.1, 0.15) is 18.5 Å². The van der Waals surface area contributed by atoms with E-state index in [-0.39, 0.29) is 18.6 Å². The van der Waals surface area contributed by atoms with Crippen molar-refractivity contribution in [2.75, 3.05) is 11.9 Å². The molecule has 3 N–H and O–H groups in total. The zero-order valence-electron chi connectivity index (χ0n) is 11.7. The number of hydrogen-bond donors (Lipinski definition) is 2. The van der Waals surface area contributed by atoms with Gasteiger partial charge in [0, 0.05) is 10.5 Å². The van der Waals surface area contributed by atoms with Crippen LogP contribution >= 0.6 is 15.9 Å². The SMILES string of the molecule is C[C@H](N)c1cccc(OCC(=O)Nc2ccccc2Br)c1. The van der Waals surface area contributed by atoms with Crippen molar-refractivity contribution < 1.29 is 9.53 Å². The summed E-state index contributed by atoms with van der Waals surface area (Å²) >= 11 is 3.38. The van der Waals surface area contributed by atoms with Crippen molar-refractivity contribution in [2.45, 2.75) is 13.0 Å². The molecule has 0 radical (unpaired) electrons. The molecule has 0 fully saturated rings. The van der Waals surface area contributed by atoms with Gasteiger partial charge in [0.05, 0.1) is 5.69 Å².